The number of anilines is 1. The van der Waals surface area contributed by atoms with Crippen LogP contribution in [0, 0.1) is 11.6 Å². The van der Waals surface area contributed by atoms with E-state index in [4.69, 9.17) is 10.5 Å². The summed E-state index contributed by atoms with van der Waals surface area (Å²) >= 11 is 1.15. The quantitative estimate of drug-likeness (QED) is 0.863. The molecule has 0 atom stereocenters. The summed E-state index contributed by atoms with van der Waals surface area (Å²) in [5, 5.41) is 0.833. The molecule has 3 rings (SSSR count). The largest absolute Gasteiger partial charge is 0.484 e. The Morgan fingerprint density at radius 3 is 2.62 bits per heavy atom. The van der Waals surface area contributed by atoms with Gasteiger partial charge in [0.25, 0.3) is 0 Å². The standard InChI is InChI=1S/C15H13F2NO2S/c16-9-5-3-6-10(17)12(9)13(19)11-8-4-1-2-7-20-15(8)21-14(11)18/h3,5-6H,1-2,4,7,18H2. The lowest BCUT2D eigenvalue weighted by Gasteiger charge is -2.06. The van der Waals surface area contributed by atoms with E-state index in [0.717, 1.165) is 36.3 Å². The highest BCUT2D eigenvalue weighted by Gasteiger charge is 2.28. The summed E-state index contributed by atoms with van der Waals surface area (Å²) in [5.41, 5.74) is 6.17. The number of thiophene rings is 1. The van der Waals surface area contributed by atoms with Gasteiger partial charge in [0.2, 0.25) is 5.78 Å². The molecule has 1 aromatic heterocycles. The Bertz CT molecular complexity index is 692. The monoisotopic (exact) mass is 309 g/mol. The molecule has 0 saturated carbocycles. The Kier molecular flexibility index (Phi) is 3.63. The van der Waals surface area contributed by atoms with Crippen molar-refractivity contribution < 1.29 is 18.3 Å². The highest BCUT2D eigenvalue weighted by molar-refractivity contribution is 7.18. The molecule has 1 aliphatic rings. The molecular formula is C15H13F2NO2S. The second kappa shape index (κ2) is 5.44. The van der Waals surface area contributed by atoms with Crippen molar-refractivity contribution in [3.05, 3.63) is 46.5 Å². The maximum atomic E-state index is 13.8. The molecule has 2 N–H and O–H groups in total. The minimum Gasteiger partial charge on any atom is -0.484 e. The van der Waals surface area contributed by atoms with Crippen molar-refractivity contribution in [2.45, 2.75) is 19.3 Å². The molecule has 2 heterocycles. The fourth-order valence-electron chi connectivity index (χ4n) is 2.46. The topological polar surface area (TPSA) is 52.3 Å². The van der Waals surface area contributed by atoms with Gasteiger partial charge in [0.15, 0.2) is 5.06 Å². The number of rotatable bonds is 2. The van der Waals surface area contributed by atoms with Crippen LogP contribution in [0.25, 0.3) is 0 Å². The van der Waals surface area contributed by atoms with Crippen molar-refractivity contribution in [1.82, 2.24) is 0 Å². The minimum absolute atomic E-state index is 0.181. The van der Waals surface area contributed by atoms with Crippen LogP contribution in [0.2, 0.25) is 0 Å². The first-order valence-corrected chi connectivity index (χ1v) is 7.44. The van der Waals surface area contributed by atoms with Crippen LogP contribution in [0.3, 0.4) is 0 Å². The van der Waals surface area contributed by atoms with Gasteiger partial charge in [0.05, 0.1) is 17.7 Å². The van der Waals surface area contributed by atoms with Crippen LogP contribution in [0.1, 0.15) is 34.3 Å². The summed E-state index contributed by atoms with van der Waals surface area (Å²) in [5.74, 6) is -2.48. The second-order valence-corrected chi connectivity index (χ2v) is 5.85. The number of ketones is 1. The maximum Gasteiger partial charge on any atom is 0.202 e. The van der Waals surface area contributed by atoms with Crippen molar-refractivity contribution in [3.8, 4) is 5.06 Å². The molecule has 0 saturated heterocycles. The molecule has 1 aromatic carbocycles. The van der Waals surface area contributed by atoms with E-state index < -0.39 is 23.0 Å². The third-order valence-corrected chi connectivity index (χ3v) is 4.44. The highest BCUT2D eigenvalue weighted by Crippen LogP contribution is 2.41. The summed E-state index contributed by atoms with van der Waals surface area (Å²) < 4.78 is 33.2. The number of fused-ring (bicyclic) bond motifs is 1. The van der Waals surface area contributed by atoms with Crippen molar-refractivity contribution in [2.24, 2.45) is 0 Å². The predicted molar refractivity (Wildman–Crippen MR) is 77.0 cm³/mol. The van der Waals surface area contributed by atoms with Gasteiger partial charge in [-0.1, -0.05) is 17.4 Å². The molecule has 3 nitrogen and oxygen atoms in total. The number of halogens is 2. The van der Waals surface area contributed by atoms with Crippen LogP contribution in [-0.2, 0) is 6.42 Å². The zero-order valence-electron chi connectivity index (χ0n) is 11.1. The Labute approximate surface area is 124 Å². The number of benzene rings is 1. The first-order valence-electron chi connectivity index (χ1n) is 6.62. The van der Waals surface area contributed by atoms with Crippen LogP contribution in [0.4, 0.5) is 13.8 Å². The van der Waals surface area contributed by atoms with Crippen LogP contribution < -0.4 is 10.5 Å². The van der Waals surface area contributed by atoms with E-state index in [1.807, 2.05) is 0 Å². The number of nitrogen functional groups attached to an aromatic ring is 1. The number of hydrogen-bond donors (Lipinski definition) is 1. The van der Waals surface area contributed by atoms with E-state index in [-0.39, 0.29) is 10.6 Å². The van der Waals surface area contributed by atoms with Crippen LogP contribution in [0.5, 0.6) is 5.06 Å². The number of carbonyl (C=O) groups excluding carboxylic acids is 1. The average molecular weight is 309 g/mol. The first kappa shape index (κ1) is 14.0. The molecule has 1 aliphatic heterocycles. The van der Waals surface area contributed by atoms with E-state index in [9.17, 15) is 13.6 Å². The first-order chi connectivity index (χ1) is 10.1. The highest BCUT2D eigenvalue weighted by atomic mass is 32.1. The maximum absolute atomic E-state index is 13.8. The van der Waals surface area contributed by atoms with E-state index in [1.54, 1.807) is 0 Å². The summed E-state index contributed by atoms with van der Waals surface area (Å²) in [6.45, 7) is 0.564. The van der Waals surface area contributed by atoms with Crippen LogP contribution in [-0.4, -0.2) is 12.4 Å². The lowest BCUT2D eigenvalue weighted by Crippen LogP contribution is -2.10. The molecule has 0 bridgehead atoms. The lowest BCUT2D eigenvalue weighted by atomic mass is 9.98. The SMILES string of the molecule is Nc1sc2c(c1C(=O)c1c(F)cccc1F)CCCCO2. The molecular weight excluding hydrogens is 296 g/mol. The number of ether oxygens (including phenoxy) is 1. The van der Waals surface area contributed by atoms with Gasteiger partial charge in [0.1, 0.15) is 16.6 Å². The molecule has 0 fully saturated rings. The van der Waals surface area contributed by atoms with Gasteiger partial charge in [-0.15, -0.1) is 0 Å². The Morgan fingerprint density at radius 2 is 1.90 bits per heavy atom. The van der Waals surface area contributed by atoms with Gasteiger partial charge >= 0.3 is 0 Å². The molecule has 6 heteroatoms. The van der Waals surface area contributed by atoms with Crippen LogP contribution in [0.15, 0.2) is 18.2 Å². The van der Waals surface area contributed by atoms with Gasteiger partial charge in [-0.25, -0.2) is 8.78 Å². The Balaban J connectivity index is 2.12. The molecule has 0 unspecified atom stereocenters. The summed E-state index contributed by atoms with van der Waals surface area (Å²) in [4.78, 5) is 12.5. The predicted octanol–water partition coefficient (Wildman–Crippen LogP) is 3.55. The molecule has 0 aliphatic carbocycles. The molecule has 0 radical (unpaired) electrons. The average Bonchev–Trinajstić information content (AvgIpc) is 2.59. The zero-order chi connectivity index (χ0) is 15.0. The lowest BCUT2D eigenvalue weighted by molar-refractivity contribution is 0.103. The van der Waals surface area contributed by atoms with Crippen molar-refractivity contribution in [3.63, 3.8) is 0 Å². The fraction of sp³-hybridized carbons (Fsp3) is 0.267. The van der Waals surface area contributed by atoms with E-state index in [2.05, 4.69) is 0 Å². The van der Waals surface area contributed by atoms with Gasteiger partial charge in [-0.05, 0) is 31.4 Å². The molecule has 0 spiro atoms. The van der Waals surface area contributed by atoms with Crippen molar-refractivity contribution in [1.29, 1.82) is 0 Å². The van der Waals surface area contributed by atoms with Crippen molar-refractivity contribution in [2.75, 3.05) is 12.3 Å². The van der Waals surface area contributed by atoms with Crippen LogP contribution >= 0.6 is 11.3 Å². The van der Waals surface area contributed by atoms with Gasteiger partial charge in [-0.2, -0.15) is 0 Å². The number of carbonyl (C=O) groups is 1. The normalized spacial score (nSPS) is 14.2. The Hall–Kier alpha value is -1.95. The minimum atomic E-state index is -0.881. The van der Waals surface area contributed by atoms with Gasteiger partial charge in [0, 0.05) is 5.56 Å². The Morgan fingerprint density at radius 1 is 1.19 bits per heavy atom. The molecule has 2 aromatic rings. The van der Waals surface area contributed by atoms with Gasteiger partial charge in [-0.3, -0.25) is 4.79 Å². The third-order valence-electron chi connectivity index (χ3n) is 3.47. The third kappa shape index (κ3) is 2.40. The number of nitrogens with two attached hydrogens (primary N) is 1. The summed E-state index contributed by atoms with van der Waals surface area (Å²) in [6, 6.07) is 3.35. The van der Waals surface area contributed by atoms with E-state index >= 15 is 0 Å². The second-order valence-electron chi connectivity index (χ2n) is 4.84. The summed E-state index contributed by atoms with van der Waals surface area (Å²) in [7, 11) is 0. The van der Waals surface area contributed by atoms with Gasteiger partial charge < -0.3 is 10.5 Å². The van der Waals surface area contributed by atoms with E-state index in [1.165, 1.54) is 6.07 Å². The molecule has 21 heavy (non-hydrogen) atoms. The zero-order valence-corrected chi connectivity index (χ0v) is 11.9. The summed E-state index contributed by atoms with van der Waals surface area (Å²) in [6.07, 6.45) is 2.35. The number of hydrogen-bond acceptors (Lipinski definition) is 4. The molecule has 0 amide bonds. The van der Waals surface area contributed by atoms with Crippen molar-refractivity contribution >= 4 is 22.1 Å². The fourth-order valence-corrected chi connectivity index (χ4v) is 3.45. The smallest absolute Gasteiger partial charge is 0.202 e. The molecule has 110 valence electrons. The van der Waals surface area contributed by atoms with E-state index in [0.29, 0.717) is 23.7 Å².